The second-order valence-corrected chi connectivity index (χ2v) is 13.3. The first kappa shape index (κ1) is 35.2. The zero-order valence-electron chi connectivity index (χ0n) is 27.2. The quantitative estimate of drug-likeness (QED) is 0.162. The van der Waals surface area contributed by atoms with Crippen molar-refractivity contribution < 1.29 is 27.1 Å². The van der Waals surface area contributed by atoms with Gasteiger partial charge in [0.25, 0.3) is 10.0 Å². The second-order valence-electron chi connectivity index (χ2n) is 11.4. The second kappa shape index (κ2) is 16.2. The first-order chi connectivity index (χ1) is 22.5. The van der Waals surface area contributed by atoms with E-state index in [1.54, 1.807) is 55.5 Å². The zero-order valence-corrected chi connectivity index (χ0v) is 28.0. The number of carbonyl (C=O) groups is 2. The molecule has 0 saturated carbocycles. The number of carbonyl (C=O) groups excluding carboxylic acids is 2. The number of hydrogen-bond donors (Lipinski definition) is 1. The van der Waals surface area contributed by atoms with E-state index in [9.17, 15) is 22.4 Å². The van der Waals surface area contributed by atoms with Crippen molar-refractivity contribution in [2.45, 2.75) is 64.1 Å². The SMILES string of the molecule is CCOc1ccccc1N(CC(=O)N(Cc1ccc(F)cc1)[C@@H](Cc1ccccc1)C(=O)N[C@@H](C)CC)S(=O)(=O)c1ccc(C)cc1. The highest BCUT2D eigenvalue weighted by Crippen LogP contribution is 2.33. The molecule has 0 unspecified atom stereocenters. The smallest absolute Gasteiger partial charge is 0.264 e. The van der Waals surface area contributed by atoms with Crippen molar-refractivity contribution in [1.29, 1.82) is 0 Å². The fourth-order valence-electron chi connectivity index (χ4n) is 5.07. The van der Waals surface area contributed by atoms with Gasteiger partial charge in [-0.2, -0.15) is 0 Å². The minimum Gasteiger partial charge on any atom is -0.492 e. The average Bonchev–Trinajstić information content (AvgIpc) is 3.07. The number of hydrogen-bond acceptors (Lipinski definition) is 5. The molecule has 0 aliphatic carbocycles. The molecule has 0 fully saturated rings. The molecule has 0 aliphatic heterocycles. The van der Waals surface area contributed by atoms with Crippen LogP contribution in [-0.4, -0.2) is 50.4 Å². The lowest BCUT2D eigenvalue weighted by Gasteiger charge is -2.34. The first-order valence-corrected chi connectivity index (χ1v) is 17.2. The summed E-state index contributed by atoms with van der Waals surface area (Å²) in [5, 5.41) is 3.01. The highest BCUT2D eigenvalue weighted by Gasteiger charge is 2.35. The third-order valence-electron chi connectivity index (χ3n) is 7.86. The van der Waals surface area contributed by atoms with Gasteiger partial charge in [-0.25, -0.2) is 12.8 Å². The lowest BCUT2D eigenvalue weighted by molar-refractivity contribution is -0.140. The summed E-state index contributed by atoms with van der Waals surface area (Å²) < 4.78 is 49.4. The number of ether oxygens (including phenoxy) is 1. The Bertz CT molecular complexity index is 1730. The molecule has 47 heavy (non-hydrogen) atoms. The molecule has 4 aromatic carbocycles. The Morgan fingerprint density at radius 1 is 0.851 bits per heavy atom. The molecule has 0 radical (unpaired) electrons. The van der Waals surface area contributed by atoms with E-state index in [1.165, 1.54) is 29.2 Å². The van der Waals surface area contributed by atoms with Crippen LogP contribution < -0.4 is 14.4 Å². The van der Waals surface area contributed by atoms with E-state index in [1.807, 2.05) is 51.1 Å². The van der Waals surface area contributed by atoms with E-state index in [0.29, 0.717) is 17.7 Å². The van der Waals surface area contributed by atoms with Crippen LogP contribution in [0.15, 0.2) is 108 Å². The zero-order chi connectivity index (χ0) is 34.0. The number of benzene rings is 4. The van der Waals surface area contributed by atoms with Crippen LogP contribution in [0.4, 0.5) is 10.1 Å². The van der Waals surface area contributed by atoms with Crippen LogP contribution in [0.3, 0.4) is 0 Å². The molecule has 0 spiro atoms. The van der Waals surface area contributed by atoms with E-state index in [0.717, 1.165) is 15.4 Å². The summed E-state index contributed by atoms with van der Waals surface area (Å²) in [4.78, 5) is 29.9. The van der Waals surface area contributed by atoms with Gasteiger partial charge in [-0.05, 0) is 74.7 Å². The van der Waals surface area contributed by atoms with Gasteiger partial charge >= 0.3 is 0 Å². The predicted octanol–water partition coefficient (Wildman–Crippen LogP) is 6.28. The van der Waals surface area contributed by atoms with Crippen molar-refractivity contribution in [3.8, 4) is 5.75 Å². The molecule has 0 aromatic heterocycles. The molecule has 1 N–H and O–H groups in total. The predicted molar refractivity (Wildman–Crippen MR) is 182 cm³/mol. The Balaban J connectivity index is 1.84. The van der Waals surface area contributed by atoms with Gasteiger partial charge in [-0.3, -0.25) is 13.9 Å². The third kappa shape index (κ3) is 9.19. The van der Waals surface area contributed by atoms with E-state index in [4.69, 9.17) is 4.74 Å². The van der Waals surface area contributed by atoms with Crippen LogP contribution in [0.5, 0.6) is 5.75 Å². The number of anilines is 1. The van der Waals surface area contributed by atoms with E-state index < -0.39 is 34.3 Å². The topological polar surface area (TPSA) is 96.0 Å². The van der Waals surface area contributed by atoms with Gasteiger partial charge in [-0.1, -0.05) is 79.2 Å². The minimum absolute atomic E-state index is 0.00244. The van der Waals surface area contributed by atoms with Crippen LogP contribution in [0, 0.1) is 12.7 Å². The molecule has 8 nitrogen and oxygen atoms in total. The first-order valence-electron chi connectivity index (χ1n) is 15.7. The van der Waals surface area contributed by atoms with Gasteiger partial charge in [0.1, 0.15) is 24.2 Å². The molecule has 4 aromatic rings. The molecule has 0 saturated heterocycles. The molecular formula is C37H42FN3O5S. The van der Waals surface area contributed by atoms with Crippen molar-refractivity contribution in [2.24, 2.45) is 0 Å². The number of rotatable bonds is 15. The fraction of sp³-hybridized carbons (Fsp3) is 0.297. The summed E-state index contributed by atoms with van der Waals surface area (Å²) >= 11 is 0. The van der Waals surface area contributed by atoms with Crippen molar-refractivity contribution in [2.75, 3.05) is 17.5 Å². The average molecular weight is 660 g/mol. The molecule has 4 rings (SSSR count). The van der Waals surface area contributed by atoms with Gasteiger partial charge in [-0.15, -0.1) is 0 Å². The Morgan fingerprint density at radius 3 is 2.13 bits per heavy atom. The fourth-order valence-corrected chi connectivity index (χ4v) is 6.50. The summed E-state index contributed by atoms with van der Waals surface area (Å²) in [5.74, 6) is -1.14. The maximum Gasteiger partial charge on any atom is 0.264 e. The van der Waals surface area contributed by atoms with Crippen LogP contribution in [0.2, 0.25) is 0 Å². The molecule has 10 heteroatoms. The number of amides is 2. The Kier molecular flexibility index (Phi) is 12.1. The summed E-state index contributed by atoms with van der Waals surface area (Å²) in [7, 11) is -4.29. The van der Waals surface area contributed by atoms with Crippen molar-refractivity contribution in [1.82, 2.24) is 10.2 Å². The Hall–Kier alpha value is -4.70. The van der Waals surface area contributed by atoms with Crippen LogP contribution in [0.25, 0.3) is 0 Å². The summed E-state index contributed by atoms with van der Waals surface area (Å²) in [5.41, 5.74) is 2.47. The molecule has 0 aliphatic rings. The van der Waals surface area contributed by atoms with Gasteiger partial charge in [0.2, 0.25) is 11.8 Å². The molecule has 2 atom stereocenters. The highest BCUT2D eigenvalue weighted by atomic mass is 32.2. The van der Waals surface area contributed by atoms with Crippen molar-refractivity contribution in [3.05, 3.63) is 126 Å². The molecule has 0 bridgehead atoms. The normalized spacial score (nSPS) is 12.5. The van der Waals surface area contributed by atoms with E-state index >= 15 is 0 Å². The van der Waals surface area contributed by atoms with Crippen LogP contribution in [0.1, 0.15) is 43.9 Å². The Morgan fingerprint density at radius 2 is 1.49 bits per heavy atom. The van der Waals surface area contributed by atoms with Gasteiger partial charge in [0.05, 0.1) is 17.2 Å². The minimum atomic E-state index is -4.29. The number of halogens is 1. The molecular weight excluding hydrogens is 617 g/mol. The van der Waals surface area contributed by atoms with Gasteiger partial charge < -0.3 is 15.0 Å². The largest absolute Gasteiger partial charge is 0.492 e. The van der Waals surface area contributed by atoms with Crippen molar-refractivity contribution in [3.63, 3.8) is 0 Å². The summed E-state index contributed by atoms with van der Waals surface area (Å²) in [6.07, 6.45) is 0.850. The monoisotopic (exact) mass is 659 g/mol. The molecule has 2 amide bonds. The van der Waals surface area contributed by atoms with Crippen molar-refractivity contribution >= 4 is 27.5 Å². The van der Waals surface area contributed by atoms with E-state index in [-0.39, 0.29) is 42.1 Å². The standard InChI is InChI=1S/C37H42FN3O5S/c1-5-28(4)39-37(43)34(24-29-12-8-7-9-13-29)40(25-30-18-20-31(38)21-19-30)36(42)26-41(33-14-10-11-15-35(33)46-6-2)47(44,45)32-22-16-27(3)17-23-32/h7-23,28,34H,5-6,24-26H2,1-4H3,(H,39,43)/t28-,34-/m0/s1. The molecule has 248 valence electrons. The van der Waals surface area contributed by atoms with Gasteiger partial charge in [0, 0.05) is 19.0 Å². The maximum absolute atomic E-state index is 14.6. The number of para-hydroxylation sites is 2. The highest BCUT2D eigenvalue weighted by molar-refractivity contribution is 7.92. The number of nitrogens with one attached hydrogen (secondary N) is 1. The lowest BCUT2D eigenvalue weighted by Crippen LogP contribution is -2.54. The number of aryl methyl sites for hydroxylation is 1. The van der Waals surface area contributed by atoms with Crippen LogP contribution >= 0.6 is 0 Å². The number of sulfonamides is 1. The summed E-state index contributed by atoms with van der Waals surface area (Å²) in [6, 6.07) is 26.8. The Labute approximate surface area is 277 Å². The maximum atomic E-state index is 14.6. The summed E-state index contributed by atoms with van der Waals surface area (Å²) in [6.45, 7) is 7.06. The van der Waals surface area contributed by atoms with E-state index in [2.05, 4.69) is 5.32 Å². The third-order valence-corrected chi connectivity index (χ3v) is 9.63. The van der Waals surface area contributed by atoms with Gasteiger partial charge in [0.15, 0.2) is 0 Å². The number of nitrogens with zero attached hydrogens (tertiary/aromatic N) is 2. The lowest BCUT2D eigenvalue weighted by atomic mass is 10.0. The molecule has 0 heterocycles. The van der Waals surface area contributed by atoms with Crippen LogP contribution in [-0.2, 0) is 32.6 Å².